The summed E-state index contributed by atoms with van der Waals surface area (Å²) >= 11 is 0. The van der Waals surface area contributed by atoms with Crippen molar-refractivity contribution in [3.05, 3.63) is 84.6 Å². The molecule has 234 valence electrons. The van der Waals surface area contributed by atoms with E-state index in [-0.39, 0.29) is 11.8 Å². The Morgan fingerprint density at radius 2 is 1.68 bits per heavy atom. The summed E-state index contributed by atoms with van der Waals surface area (Å²) in [7, 11) is 4.38. The smallest absolute Gasteiger partial charge is 0.255 e. The van der Waals surface area contributed by atoms with Crippen LogP contribution in [0.3, 0.4) is 0 Å². The van der Waals surface area contributed by atoms with E-state index in [0.29, 0.717) is 34.2 Å². The van der Waals surface area contributed by atoms with Gasteiger partial charge in [0, 0.05) is 40.3 Å². The maximum Gasteiger partial charge on any atom is 0.255 e. The molecular weight excluding hydrogens is 552 g/mol. The fraction of sp³-hybridized carbons (Fsp3) is 0.353. The number of rotatable bonds is 8. The van der Waals surface area contributed by atoms with Crippen molar-refractivity contribution in [3.63, 3.8) is 0 Å². The van der Waals surface area contributed by atoms with Gasteiger partial charge in [0.2, 0.25) is 5.91 Å². The molecule has 0 unspecified atom stereocenters. The van der Waals surface area contributed by atoms with Crippen LogP contribution >= 0.6 is 0 Å². The lowest BCUT2D eigenvalue weighted by Gasteiger charge is -2.27. The molecule has 4 aromatic rings. The number of nitrogens with zero attached hydrogens (tertiary/aromatic N) is 4. The van der Waals surface area contributed by atoms with E-state index in [2.05, 4.69) is 51.6 Å². The van der Waals surface area contributed by atoms with E-state index in [1.807, 2.05) is 39.0 Å². The zero-order valence-electron chi connectivity index (χ0n) is 26.6. The lowest BCUT2D eigenvalue weighted by Crippen LogP contribution is -2.29. The maximum atomic E-state index is 12.7. The summed E-state index contributed by atoms with van der Waals surface area (Å²) in [4.78, 5) is 30.8. The highest BCUT2D eigenvalue weighted by Crippen LogP contribution is 2.24. The zero-order valence-corrected chi connectivity index (χ0v) is 26.6. The SMILES string of the molecule is C=CC(=O)Nc1ccc(C(=O)Nc2cccc(Nc3cc(N)nc4c(CC)cnn34)c2)cc1.CC.CN(C)C1CCCCC1. The summed E-state index contributed by atoms with van der Waals surface area (Å²) in [6, 6.07) is 16.5. The Morgan fingerprint density at radius 1 is 1.00 bits per heavy atom. The van der Waals surface area contributed by atoms with E-state index < -0.39 is 0 Å². The van der Waals surface area contributed by atoms with Crippen LogP contribution in [0.1, 0.15) is 68.8 Å². The largest absolute Gasteiger partial charge is 0.384 e. The van der Waals surface area contributed by atoms with Crippen molar-refractivity contribution in [1.29, 1.82) is 0 Å². The molecular formula is C34H46N8O2. The van der Waals surface area contributed by atoms with E-state index >= 15 is 0 Å². The molecule has 2 heterocycles. The van der Waals surface area contributed by atoms with Crippen LogP contribution in [0.5, 0.6) is 0 Å². The standard InChI is InChI=1S/C24H23N7O2.C8H17N.C2H6/c1-3-15-14-26-31-21(13-20(25)30-23(15)31)27-18-6-5-7-19(12-18)29-24(33)16-8-10-17(11-9-16)28-22(32)4-2;1-9(2)8-6-4-3-5-7-8;1-2/h4-14,27H,2-3H2,1H3,(H2,25,30)(H,28,32)(H,29,33);8H,3-7H2,1-2H3;1-2H3. The van der Waals surface area contributed by atoms with Gasteiger partial charge < -0.3 is 26.6 Å². The van der Waals surface area contributed by atoms with E-state index in [4.69, 9.17) is 5.73 Å². The quantitative estimate of drug-likeness (QED) is 0.162. The highest BCUT2D eigenvalue weighted by atomic mass is 16.2. The van der Waals surface area contributed by atoms with E-state index in [1.54, 1.807) is 47.1 Å². The predicted octanol–water partition coefficient (Wildman–Crippen LogP) is 6.90. The molecule has 10 heteroatoms. The summed E-state index contributed by atoms with van der Waals surface area (Å²) in [6.45, 7) is 9.45. The Kier molecular flexibility index (Phi) is 12.9. The molecule has 5 N–H and O–H groups in total. The van der Waals surface area contributed by atoms with Crippen LogP contribution in [0.4, 0.5) is 28.7 Å². The Hall–Kier alpha value is -4.70. The lowest BCUT2D eigenvalue weighted by molar-refractivity contribution is -0.111. The van der Waals surface area contributed by atoms with E-state index in [0.717, 1.165) is 23.7 Å². The number of nitrogens with two attached hydrogens (primary N) is 1. The molecule has 1 aliphatic carbocycles. The Balaban J connectivity index is 0.000000409. The van der Waals surface area contributed by atoms with Crippen molar-refractivity contribution in [2.75, 3.05) is 35.8 Å². The van der Waals surface area contributed by atoms with Crippen molar-refractivity contribution < 1.29 is 9.59 Å². The summed E-state index contributed by atoms with van der Waals surface area (Å²) in [5, 5.41) is 13.2. The van der Waals surface area contributed by atoms with Gasteiger partial charge in [-0.05, 0) is 81.9 Å². The van der Waals surface area contributed by atoms with Crippen LogP contribution in [0.15, 0.2) is 73.4 Å². The molecule has 2 aromatic heterocycles. The minimum atomic E-state index is -0.314. The Bertz CT molecular complexity index is 1520. The molecule has 0 aliphatic heterocycles. The number of aryl methyl sites for hydroxylation is 1. The molecule has 0 radical (unpaired) electrons. The second-order valence-electron chi connectivity index (χ2n) is 10.5. The topological polar surface area (TPSA) is 130 Å². The van der Waals surface area contributed by atoms with Crippen LogP contribution < -0.4 is 21.7 Å². The predicted molar refractivity (Wildman–Crippen MR) is 182 cm³/mol. The molecule has 0 saturated heterocycles. The minimum Gasteiger partial charge on any atom is -0.384 e. The number of amides is 2. The fourth-order valence-corrected chi connectivity index (χ4v) is 4.89. The summed E-state index contributed by atoms with van der Waals surface area (Å²) in [5.74, 6) is 0.463. The average molecular weight is 599 g/mol. The molecule has 0 atom stereocenters. The molecule has 1 aliphatic rings. The highest BCUT2D eigenvalue weighted by Gasteiger charge is 2.14. The number of nitrogens with one attached hydrogen (secondary N) is 3. The first-order valence-corrected chi connectivity index (χ1v) is 15.3. The minimum absolute atomic E-state index is 0.274. The molecule has 1 fully saturated rings. The molecule has 0 bridgehead atoms. The number of carbonyl (C=O) groups is 2. The Labute approximate surface area is 260 Å². The van der Waals surface area contributed by atoms with Crippen molar-refractivity contribution in [3.8, 4) is 0 Å². The third kappa shape index (κ3) is 9.40. The number of benzene rings is 2. The van der Waals surface area contributed by atoms with Crippen LogP contribution in [-0.4, -0.2) is 51.4 Å². The molecule has 1 saturated carbocycles. The third-order valence-electron chi connectivity index (χ3n) is 7.24. The molecule has 0 spiro atoms. The van der Waals surface area contributed by atoms with Gasteiger partial charge in [0.25, 0.3) is 5.91 Å². The second kappa shape index (κ2) is 16.8. The number of nitrogen functional groups attached to an aromatic ring is 1. The summed E-state index contributed by atoms with van der Waals surface area (Å²) in [5.41, 5.74) is 10.1. The van der Waals surface area contributed by atoms with Crippen LogP contribution in [0.2, 0.25) is 0 Å². The third-order valence-corrected chi connectivity index (χ3v) is 7.24. The van der Waals surface area contributed by atoms with Gasteiger partial charge in [-0.15, -0.1) is 0 Å². The van der Waals surface area contributed by atoms with Gasteiger partial charge in [-0.3, -0.25) is 9.59 Å². The van der Waals surface area contributed by atoms with Gasteiger partial charge in [-0.1, -0.05) is 52.7 Å². The van der Waals surface area contributed by atoms with Crippen molar-refractivity contribution >= 4 is 46.2 Å². The number of aromatic nitrogens is 3. The van der Waals surface area contributed by atoms with Gasteiger partial charge in [0.1, 0.15) is 11.6 Å². The van der Waals surface area contributed by atoms with Gasteiger partial charge in [0.05, 0.1) is 6.20 Å². The van der Waals surface area contributed by atoms with E-state index in [9.17, 15) is 9.59 Å². The van der Waals surface area contributed by atoms with Gasteiger partial charge >= 0.3 is 0 Å². The van der Waals surface area contributed by atoms with Crippen molar-refractivity contribution in [2.45, 2.75) is 65.3 Å². The number of hydrogen-bond donors (Lipinski definition) is 4. The molecule has 44 heavy (non-hydrogen) atoms. The highest BCUT2D eigenvalue weighted by molar-refractivity contribution is 6.05. The Morgan fingerprint density at radius 3 is 2.30 bits per heavy atom. The van der Waals surface area contributed by atoms with Crippen LogP contribution in [0, 0.1) is 0 Å². The molecule has 2 aromatic carbocycles. The lowest BCUT2D eigenvalue weighted by atomic mass is 9.95. The normalized spacial score (nSPS) is 12.8. The first-order valence-electron chi connectivity index (χ1n) is 15.3. The molecule has 2 amide bonds. The van der Waals surface area contributed by atoms with Gasteiger partial charge in [-0.25, -0.2) is 4.98 Å². The number of carbonyl (C=O) groups excluding carboxylic acids is 2. The molecule has 10 nitrogen and oxygen atoms in total. The monoisotopic (exact) mass is 598 g/mol. The average Bonchev–Trinajstić information content (AvgIpc) is 3.46. The maximum absolute atomic E-state index is 12.7. The first kappa shape index (κ1) is 33.8. The first-order chi connectivity index (χ1) is 21.3. The van der Waals surface area contributed by atoms with Crippen LogP contribution in [0.25, 0.3) is 5.65 Å². The summed E-state index contributed by atoms with van der Waals surface area (Å²) in [6.07, 6.45) is 11.0. The van der Waals surface area contributed by atoms with E-state index in [1.165, 1.54) is 38.2 Å². The number of hydrogen-bond acceptors (Lipinski definition) is 7. The fourth-order valence-electron chi connectivity index (χ4n) is 4.89. The molecule has 5 rings (SSSR count). The van der Waals surface area contributed by atoms with Gasteiger partial charge in [-0.2, -0.15) is 9.61 Å². The second-order valence-corrected chi connectivity index (χ2v) is 10.5. The number of anilines is 5. The summed E-state index contributed by atoms with van der Waals surface area (Å²) < 4.78 is 1.70. The zero-order chi connectivity index (χ0) is 32.1. The van der Waals surface area contributed by atoms with Crippen LogP contribution in [-0.2, 0) is 11.2 Å². The van der Waals surface area contributed by atoms with Crippen molar-refractivity contribution in [2.24, 2.45) is 0 Å². The number of fused-ring (bicyclic) bond motifs is 1. The van der Waals surface area contributed by atoms with Crippen molar-refractivity contribution in [1.82, 2.24) is 19.5 Å². The van der Waals surface area contributed by atoms with Gasteiger partial charge in [0.15, 0.2) is 5.65 Å².